The Morgan fingerprint density at radius 2 is 2.04 bits per heavy atom. The van der Waals surface area contributed by atoms with Crippen LogP contribution in [0.15, 0.2) is 18.6 Å². The topological polar surface area (TPSA) is 103 Å². The molecule has 3 aromatic heterocycles. The zero-order chi connectivity index (χ0) is 17.9. The van der Waals surface area contributed by atoms with Crippen LogP contribution in [0.3, 0.4) is 0 Å². The van der Waals surface area contributed by atoms with Gasteiger partial charge in [-0.05, 0) is 12.8 Å². The van der Waals surface area contributed by atoms with Gasteiger partial charge in [-0.2, -0.15) is 10.2 Å². The Hall–Kier alpha value is -2.52. The van der Waals surface area contributed by atoms with Gasteiger partial charge in [0, 0.05) is 26.3 Å². The predicted octanol–water partition coefficient (Wildman–Crippen LogP) is 2.39. The molecule has 0 atom stereocenters. The average molecular weight is 357 g/mol. The number of H-pyrrole nitrogens is 1. The third-order valence-corrected chi connectivity index (χ3v) is 4.74. The highest BCUT2D eigenvalue weighted by Gasteiger charge is 2.24. The van der Waals surface area contributed by atoms with Gasteiger partial charge in [-0.3, -0.25) is 9.78 Å². The molecule has 1 aliphatic rings. The summed E-state index contributed by atoms with van der Waals surface area (Å²) in [6, 6.07) is 0.0173. The van der Waals surface area contributed by atoms with Crippen LogP contribution in [-0.2, 0) is 9.47 Å². The summed E-state index contributed by atoms with van der Waals surface area (Å²) in [6.45, 7) is 1.05. The molecule has 1 fully saturated rings. The number of ether oxygens (including phenoxy) is 2. The molecule has 0 unspecified atom stereocenters. The summed E-state index contributed by atoms with van der Waals surface area (Å²) in [5, 5.41) is 14.9. The molecule has 0 saturated heterocycles. The normalized spacial score (nSPS) is 14.9. The molecule has 26 heavy (non-hydrogen) atoms. The number of nitrogens with zero attached hydrogens (tertiary/aromatic N) is 5. The quantitative estimate of drug-likeness (QED) is 0.638. The number of aromatic amines is 1. The molecule has 3 aromatic rings. The van der Waals surface area contributed by atoms with Crippen LogP contribution >= 0.6 is 0 Å². The molecular formula is C17H23N7O2. The third-order valence-electron chi connectivity index (χ3n) is 4.74. The molecule has 9 heteroatoms. The lowest BCUT2D eigenvalue weighted by atomic mass is 9.85. The van der Waals surface area contributed by atoms with E-state index in [1.54, 1.807) is 26.6 Å². The molecule has 0 spiro atoms. The number of nitrogens with one attached hydrogen (secondary N) is 2. The standard InChI is InChI=1S/C17H23N7O2/c1-25-9-13(10-26-2)24-8-12(6-19-24)20-17-15-14(7-18-23-15)21-16(22-17)11-4-3-5-11/h6-8,11,13H,3-5,9-10H2,1-2H3,(H,18,23)(H,20,21,22). The number of hydrogen-bond donors (Lipinski definition) is 2. The first-order valence-corrected chi connectivity index (χ1v) is 8.78. The van der Waals surface area contributed by atoms with Crippen molar-refractivity contribution in [2.75, 3.05) is 32.8 Å². The summed E-state index contributed by atoms with van der Waals surface area (Å²) in [4.78, 5) is 9.38. The van der Waals surface area contributed by atoms with Crippen molar-refractivity contribution in [2.45, 2.75) is 31.2 Å². The Bertz CT molecular complexity index is 865. The van der Waals surface area contributed by atoms with Crippen LogP contribution in [0, 0.1) is 0 Å². The van der Waals surface area contributed by atoms with Crippen LogP contribution in [0.25, 0.3) is 11.0 Å². The van der Waals surface area contributed by atoms with Crippen molar-refractivity contribution >= 4 is 22.5 Å². The molecule has 0 amide bonds. The highest BCUT2D eigenvalue weighted by Crippen LogP contribution is 2.36. The van der Waals surface area contributed by atoms with Crippen LogP contribution in [0.4, 0.5) is 11.5 Å². The van der Waals surface area contributed by atoms with Crippen molar-refractivity contribution in [2.24, 2.45) is 0 Å². The van der Waals surface area contributed by atoms with E-state index in [2.05, 4.69) is 25.6 Å². The number of methoxy groups -OCH3 is 2. The third kappa shape index (κ3) is 3.27. The monoisotopic (exact) mass is 357 g/mol. The number of fused-ring (bicyclic) bond motifs is 1. The van der Waals surface area contributed by atoms with E-state index < -0.39 is 0 Å². The predicted molar refractivity (Wildman–Crippen MR) is 96.6 cm³/mol. The van der Waals surface area contributed by atoms with Crippen molar-refractivity contribution in [3.05, 3.63) is 24.4 Å². The van der Waals surface area contributed by atoms with Gasteiger partial charge in [-0.1, -0.05) is 6.42 Å². The molecule has 0 bridgehead atoms. The van der Waals surface area contributed by atoms with E-state index in [0.29, 0.717) is 19.1 Å². The van der Waals surface area contributed by atoms with Crippen molar-refractivity contribution in [1.29, 1.82) is 0 Å². The Morgan fingerprint density at radius 3 is 2.73 bits per heavy atom. The lowest BCUT2D eigenvalue weighted by Crippen LogP contribution is -2.20. The maximum absolute atomic E-state index is 5.25. The van der Waals surface area contributed by atoms with Gasteiger partial charge in [0.05, 0.1) is 37.3 Å². The van der Waals surface area contributed by atoms with Gasteiger partial charge in [0.15, 0.2) is 5.82 Å². The Balaban J connectivity index is 1.60. The number of aromatic nitrogens is 6. The van der Waals surface area contributed by atoms with Crippen LogP contribution in [0.5, 0.6) is 0 Å². The molecule has 1 saturated carbocycles. The summed E-state index contributed by atoms with van der Waals surface area (Å²) in [7, 11) is 3.34. The first-order chi connectivity index (χ1) is 12.8. The molecule has 4 rings (SSSR count). The zero-order valence-electron chi connectivity index (χ0n) is 15.0. The van der Waals surface area contributed by atoms with Crippen LogP contribution in [0.1, 0.15) is 37.0 Å². The molecule has 9 nitrogen and oxygen atoms in total. The lowest BCUT2D eigenvalue weighted by Gasteiger charge is -2.24. The lowest BCUT2D eigenvalue weighted by molar-refractivity contribution is 0.0839. The Labute approximate surface area is 151 Å². The van der Waals surface area contributed by atoms with E-state index in [1.807, 2.05) is 10.9 Å². The van der Waals surface area contributed by atoms with E-state index in [4.69, 9.17) is 14.5 Å². The maximum Gasteiger partial charge on any atom is 0.160 e. The van der Waals surface area contributed by atoms with E-state index in [9.17, 15) is 0 Å². The number of hydrogen-bond acceptors (Lipinski definition) is 7. The fourth-order valence-corrected chi connectivity index (χ4v) is 3.12. The largest absolute Gasteiger partial charge is 0.382 e. The van der Waals surface area contributed by atoms with Gasteiger partial charge >= 0.3 is 0 Å². The van der Waals surface area contributed by atoms with Gasteiger partial charge in [0.25, 0.3) is 0 Å². The summed E-state index contributed by atoms with van der Waals surface area (Å²) in [6.07, 6.45) is 8.98. The first kappa shape index (κ1) is 16.9. The van der Waals surface area contributed by atoms with Gasteiger partial charge in [0.2, 0.25) is 0 Å². The summed E-state index contributed by atoms with van der Waals surface area (Å²) < 4.78 is 12.3. The molecule has 138 valence electrons. The second-order valence-corrected chi connectivity index (χ2v) is 6.59. The number of anilines is 2. The smallest absolute Gasteiger partial charge is 0.160 e. The molecule has 2 N–H and O–H groups in total. The minimum Gasteiger partial charge on any atom is -0.382 e. The van der Waals surface area contributed by atoms with Gasteiger partial charge in [0.1, 0.15) is 16.9 Å². The van der Waals surface area contributed by atoms with Gasteiger partial charge in [-0.15, -0.1) is 0 Å². The van der Waals surface area contributed by atoms with Crippen molar-refractivity contribution in [1.82, 2.24) is 29.9 Å². The Kier molecular flexibility index (Phi) is 4.81. The molecule has 3 heterocycles. The maximum atomic E-state index is 5.25. The highest BCUT2D eigenvalue weighted by atomic mass is 16.5. The SMILES string of the molecule is COCC(COC)n1cc(Nc2nc(C3CCC3)nc3cn[nH]c23)cn1. The van der Waals surface area contributed by atoms with Crippen LogP contribution < -0.4 is 5.32 Å². The summed E-state index contributed by atoms with van der Waals surface area (Å²) in [5.41, 5.74) is 2.47. The Morgan fingerprint density at radius 1 is 1.23 bits per heavy atom. The van der Waals surface area contributed by atoms with Gasteiger partial charge < -0.3 is 14.8 Å². The molecule has 1 aliphatic carbocycles. The zero-order valence-corrected chi connectivity index (χ0v) is 15.0. The van der Waals surface area contributed by atoms with Gasteiger partial charge in [-0.25, -0.2) is 9.97 Å². The van der Waals surface area contributed by atoms with E-state index in [1.165, 1.54) is 6.42 Å². The summed E-state index contributed by atoms with van der Waals surface area (Å²) >= 11 is 0. The fourth-order valence-electron chi connectivity index (χ4n) is 3.12. The highest BCUT2D eigenvalue weighted by molar-refractivity contribution is 5.86. The first-order valence-electron chi connectivity index (χ1n) is 8.78. The molecule has 0 radical (unpaired) electrons. The fraction of sp³-hybridized carbons (Fsp3) is 0.529. The molecule has 0 aliphatic heterocycles. The second-order valence-electron chi connectivity index (χ2n) is 6.59. The summed E-state index contributed by atoms with van der Waals surface area (Å²) in [5.74, 6) is 2.06. The van der Waals surface area contributed by atoms with Crippen molar-refractivity contribution in [3.8, 4) is 0 Å². The molecular weight excluding hydrogens is 334 g/mol. The minimum absolute atomic E-state index is 0.0173. The average Bonchev–Trinajstić information content (AvgIpc) is 3.22. The van der Waals surface area contributed by atoms with Crippen LogP contribution in [0.2, 0.25) is 0 Å². The van der Waals surface area contributed by atoms with E-state index >= 15 is 0 Å². The number of rotatable bonds is 8. The van der Waals surface area contributed by atoms with E-state index in [-0.39, 0.29) is 6.04 Å². The molecule has 0 aromatic carbocycles. The second kappa shape index (κ2) is 7.38. The minimum atomic E-state index is 0.0173. The van der Waals surface area contributed by atoms with E-state index in [0.717, 1.165) is 41.2 Å². The van der Waals surface area contributed by atoms with Crippen LogP contribution in [-0.4, -0.2) is 57.4 Å². The van der Waals surface area contributed by atoms with Crippen molar-refractivity contribution in [3.63, 3.8) is 0 Å². The van der Waals surface area contributed by atoms with Crippen molar-refractivity contribution < 1.29 is 9.47 Å².